The molecule has 1 saturated heterocycles. The van der Waals surface area contributed by atoms with E-state index in [1.54, 1.807) is 4.90 Å². The highest BCUT2D eigenvalue weighted by Crippen LogP contribution is 2.33. The normalized spacial score (nSPS) is 22.1. The smallest absolute Gasteiger partial charge is 0.251 e. The van der Waals surface area contributed by atoms with Crippen molar-refractivity contribution in [3.8, 4) is 11.1 Å². The molecule has 0 unspecified atom stereocenters. The van der Waals surface area contributed by atoms with Gasteiger partial charge in [0.1, 0.15) is 0 Å². The molecule has 1 heterocycles. The van der Waals surface area contributed by atoms with Crippen molar-refractivity contribution in [3.05, 3.63) is 59.7 Å². The molecular formula is C23H26N2O3. The summed E-state index contributed by atoms with van der Waals surface area (Å²) in [5.74, 6) is -0.266. The van der Waals surface area contributed by atoms with Gasteiger partial charge in [0.05, 0.1) is 13.2 Å². The predicted molar refractivity (Wildman–Crippen MR) is 108 cm³/mol. The number of carbonyl (C=O) groups is 2. The van der Waals surface area contributed by atoms with E-state index in [2.05, 4.69) is 43.3 Å². The van der Waals surface area contributed by atoms with E-state index in [-0.39, 0.29) is 18.4 Å². The number of ether oxygens (including phenoxy) is 1. The van der Waals surface area contributed by atoms with Gasteiger partial charge in [-0.3, -0.25) is 9.59 Å². The molecule has 0 bridgehead atoms. The highest BCUT2D eigenvalue weighted by Gasteiger charge is 2.45. The van der Waals surface area contributed by atoms with Crippen LogP contribution in [0, 0.1) is 12.8 Å². The van der Waals surface area contributed by atoms with E-state index in [0.717, 1.165) is 29.5 Å². The zero-order valence-corrected chi connectivity index (χ0v) is 16.2. The van der Waals surface area contributed by atoms with Crippen LogP contribution in [-0.4, -0.2) is 42.0 Å². The molecule has 4 rings (SSSR count). The monoisotopic (exact) mass is 378 g/mol. The lowest BCUT2D eigenvalue weighted by Gasteiger charge is -2.41. The third-order valence-corrected chi connectivity index (χ3v) is 5.67. The van der Waals surface area contributed by atoms with Gasteiger partial charge in [0.2, 0.25) is 5.91 Å². The molecule has 1 aliphatic heterocycles. The molecule has 28 heavy (non-hydrogen) atoms. The van der Waals surface area contributed by atoms with E-state index in [9.17, 15) is 9.59 Å². The second-order valence-electron chi connectivity index (χ2n) is 7.98. The Morgan fingerprint density at radius 3 is 2.57 bits per heavy atom. The van der Waals surface area contributed by atoms with Gasteiger partial charge in [-0.25, -0.2) is 0 Å². The molecule has 146 valence electrons. The molecule has 2 fully saturated rings. The fraction of sp³-hybridized carbons (Fsp3) is 0.391. The number of nitrogens with zero attached hydrogens (tertiary/aromatic N) is 1. The maximum absolute atomic E-state index is 12.5. The highest BCUT2D eigenvalue weighted by atomic mass is 16.5. The minimum absolute atomic E-state index is 0.119. The first-order valence-electron chi connectivity index (χ1n) is 9.85. The van der Waals surface area contributed by atoms with Gasteiger partial charge in [0.15, 0.2) is 5.60 Å². The van der Waals surface area contributed by atoms with Crippen molar-refractivity contribution in [2.24, 2.45) is 11.7 Å². The highest BCUT2D eigenvalue weighted by molar-refractivity contribution is 5.87. The quantitative estimate of drug-likeness (QED) is 0.869. The number of rotatable bonds is 5. The molecule has 5 nitrogen and oxygen atoms in total. The molecule has 0 aromatic heterocycles. The van der Waals surface area contributed by atoms with Crippen LogP contribution in [0.5, 0.6) is 0 Å². The van der Waals surface area contributed by atoms with E-state index in [4.69, 9.17) is 10.5 Å². The van der Waals surface area contributed by atoms with Crippen LogP contribution in [0.3, 0.4) is 0 Å². The lowest BCUT2D eigenvalue weighted by molar-refractivity contribution is -0.164. The number of primary amides is 1. The Morgan fingerprint density at radius 2 is 1.89 bits per heavy atom. The van der Waals surface area contributed by atoms with E-state index >= 15 is 0 Å². The molecule has 1 aliphatic carbocycles. The second-order valence-corrected chi connectivity index (χ2v) is 7.98. The predicted octanol–water partition coefficient (Wildman–Crippen LogP) is 2.70. The summed E-state index contributed by atoms with van der Waals surface area (Å²) >= 11 is 0. The van der Waals surface area contributed by atoms with Crippen molar-refractivity contribution >= 4 is 11.8 Å². The molecule has 0 spiro atoms. The van der Waals surface area contributed by atoms with Gasteiger partial charge in [0.25, 0.3) is 5.91 Å². The molecule has 0 radical (unpaired) electrons. The Hall–Kier alpha value is -2.66. The van der Waals surface area contributed by atoms with Crippen LogP contribution in [0.4, 0.5) is 0 Å². The summed E-state index contributed by atoms with van der Waals surface area (Å²) in [5.41, 5.74) is 8.98. The lowest BCUT2D eigenvalue weighted by Crippen LogP contribution is -2.61. The van der Waals surface area contributed by atoms with Crippen LogP contribution in [0.15, 0.2) is 48.5 Å². The average molecular weight is 378 g/mol. The van der Waals surface area contributed by atoms with Crippen LogP contribution < -0.4 is 5.73 Å². The molecule has 2 amide bonds. The van der Waals surface area contributed by atoms with Crippen molar-refractivity contribution in [1.29, 1.82) is 0 Å². The third kappa shape index (κ3) is 3.80. The number of amides is 2. The van der Waals surface area contributed by atoms with Crippen molar-refractivity contribution < 1.29 is 14.3 Å². The van der Waals surface area contributed by atoms with Crippen LogP contribution in [-0.2, 0) is 20.7 Å². The average Bonchev–Trinajstić information content (AvgIpc) is 3.53. The van der Waals surface area contributed by atoms with E-state index in [0.29, 0.717) is 19.6 Å². The molecule has 5 heteroatoms. The number of morpholine rings is 1. The van der Waals surface area contributed by atoms with Gasteiger partial charge in [0, 0.05) is 18.9 Å². The molecule has 2 aromatic rings. The molecule has 1 atom stereocenters. The summed E-state index contributed by atoms with van der Waals surface area (Å²) < 4.78 is 5.90. The fourth-order valence-corrected chi connectivity index (χ4v) is 3.84. The van der Waals surface area contributed by atoms with E-state index in [1.807, 2.05) is 12.1 Å². The number of carbonyl (C=O) groups excluding carboxylic acids is 2. The largest absolute Gasteiger partial charge is 0.367 e. The molecule has 2 N–H and O–H groups in total. The van der Waals surface area contributed by atoms with Crippen molar-refractivity contribution in [2.45, 2.75) is 31.8 Å². The molecular weight excluding hydrogens is 352 g/mol. The maximum atomic E-state index is 12.5. The Bertz CT molecular complexity index is 889. The number of benzene rings is 2. The first-order valence-corrected chi connectivity index (χ1v) is 9.85. The summed E-state index contributed by atoms with van der Waals surface area (Å²) in [7, 11) is 0. The Kier molecular flexibility index (Phi) is 4.94. The number of aryl methyl sites for hydroxylation is 1. The summed E-state index contributed by atoms with van der Waals surface area (Å²) in [6.07, 6.45) is 2.24. The summed E-state index contributed by atoms with van der Waals surface area (Å²) in [5, 5.41) is 0. The number of hydrogen-bond acceptors (Lipinski definition) is 3. The number of hydrogen-bond donors (Lipinski definition) is 1. The number of nitrogens with two attached hydrogens (primary N) is 1. The minimum atomic E-state index is -1.17. The van der Waals surface area contributed by atoms with Gasteiger partial charge in [-0.1, -0.05) is 54.1 Å². The first kappa shape index (κ1) is 18.7. The van der Waals surface area contributed by atoms with Gasteiger partial charge < -0.3 is 15.4 Å². The van der Waals surface area contributed by atoms with Gasteiger partial charge in [-0.05, 0) is 36.5 Å². The lowest BCUT2D eigenvalue weighted by atomic mass is 9.90. The van der Waals surface area contributed by atoms with Crippen molar-refractivity contribution in [3.63, 3.8) is 0 Å². The van der Waals surface area contributed by atoms with Crippen LogP contribution >= 0.6 is 0 Å². The fourth-order valence-electron chi connectivity index (χ4n) is 3.84. The topological polar surface area (TPSA) is 72.6 Å². The molecule has 2 aliphatic rings. The van der Waals surface area contributed by atoms with Gasteiger partial charge in [-0.15, -0.1) is 0 Å². The second kappa shape index (κ2) is 7.40. The van der Waals surface area contributed by atoms with Crippen LogP contribution in [0.2, 0.25) is 0 Å². The van der Waals surface area contributed by atoms with Gasteiger partial charge >= 0.3 is 0 Å². The standard InChI is InChI=1S/C23H26N2O3/c1-16-5-7-18(8-6-16)20-4-2-3-17(13-20)14-23(22(24)27)15-25(11-12-28-23)21(26)19-9-10-19/h2-8,13,19H,9-12,14-15H2,1H3,(H2,24,27)/t23-/m1/s1. The SMILES string of the molecule is Cc1ccc(-c2cccc(C[C@]3(C(N)=O)CN(C(=O)C4CC4)CCO3)c2)cc1. The first-order chi connectivity index (χ1) is 13.5. The maximum Gasteiger partial charge on any atom is 0.251 e. The Balaban J connectivity index is 1.58. The summed E-state index contributed by atoms with van der Waals surface area (Å²) in [6.45, 7) is 3.14. The van der Waals surface area contributed by atoms with Gasteiger partial charge in [-0.2, -0.15) is 0 Å². The van der Waals surface area contributed by atoms with E-state index < -0.39 is 11.5 Å². The van der Waals surface area contributed by atoms with E-state index in [1.165, 1.54) is 5.56 Å². The van der Waals surface area contributed by atoms with Crippen LogP contribution in [0.1, 0.15) is 24.0 Å². The zero-order valence-electron chi connectivity index (χ0n) is 16.2. The van der Waals surface area contributed by atoms with Crippen molar-refractivity contribution in [2.75, 3.05) is 19.7 Å². The molecule has 1 saturated carbocycles. The summed E-state index contributed by atoms with van der Waals surface area (Å²) in [4.78, 5) is 26.7. The van der Waals surface area contributed by atoms with Crippen LogP contribution in [0.25, 0.3) is 11.1 Å². The Morgan fingerprint density at radius 1 is 1.14 bits per heavy atom. The summed E-state index contributed by atoms with van der Waals surface area (Å²) in [6, 6.07) is 16.4. The minimum Gasteiger partial charge on any atom is -0.367 e. The zero-order chi connectivity index (χ0) is 19.7. The molecule has 2 aromatic carbocycles. The third-order valence-electron chi connectivity index (χ3n) is 5.67. The Labute approximate surface area is 165 Å². The van der Waals surface area contributed by atoms with Crippen molar-refractivity contribution in [1.82, 2.24) is 4.90 Å².